The molecular weight excluding hydrogens is 354 g/mol. The van der Waals surface area contributed by atoms with Crippen molar-refractivity contribution in [1.29, 1.82) is 0 Å². The van der Waals surface area contributed by atoms with Crippen LogP contribution in [-0.2, 0) is 0 Å². The molecule has 0 N–H and O–H groups in total. The first-order valence-electron chi connectivity index (χ1n) is 8.25. The molecule has 132 valence electrons. The molecule has 1 aliphatic heterocycles. The molecule has 1 aliphatic rings. The number of nitrogens with zero attached hydrogens (tertiary/aromatic N) is 5. The molecule has 1 amide bonds. The van der Waals surface area contributed by atoms with Gasteiger partial charge in [-0.05, 0) is 24.3 Å². The number of benzene rings is 1. The maximum Gasteiger partial charge on any atom is 0.324 e. The van der Waals surface area contributed by atoms with Crippen molar-refractivity contribution in [3.8, 4) is 11.4 Å². The summed E-state index contributed by atoms with van der Waals surface area (Å²) in [5.41, 5.74) is 1.26. The predicted octanol–water partition coefficient (Wildman–Crippen LogP) is 2.75. The van der Waals surface area contributed by atoms with E-state index in [1.807, 2.05) is 23.1 Å². The van der Waals surface area contributed by atoms with Crippen molar-refractivity contribution in [2.75, 3.05) is 31.1 Å². The highest BCUT2D eigenvalue weighted by atomic mass is 35.5. The van der Waals surface area contributed by atoms with Crippen LogP contribution in [0.3, 0.4) is 0 Å². The van der Waals surface area contributed by atoms with Crippen LogP contribution in [0, 0.1) is 0 Å². The average Bonchev–Trinajstić information content (AvgIpc) is 3.18. The number of aromatic nitrogens is 3. The summed E-state index contributed by atoms with van der Waals surface area (Å²) in [5, 5.41) is 4.65. The van der Waals surface area contributed by atoms with Crippen LogP contribution in [0.4, 0.5) is 6.01 Å². The van der Waals surface area contributed by atoms with Crippen LogP contribution < -0.4 is 4.90 Å². The molecule has 4 rings (SSSR count). The number of hydrogen-bond acceptors (Lipinski definition) is 6. The van der Waals surface area contributed by atoms with Crippen molar-refractivity contribution >= 4 is 23.5 Å². The summed E-state index contributed by atoms with van der Waals surface area (Å²) >= 11 is 6.01. The first kappa shape index (κ1) is 16.5. The Balaban J connectivity index is 1.42. The third-order valence-corrected chi connectivity index (χ3v) is 4.45. The SMILES string of the molecule is O=C(c1ccccn1)N1CCN(c2nc(-c3cccc(Cl)c3)no2)CC1. The van der Waals surface area contributed by atoms with Gasteiger partial charge in [-0.2, -0.15) is 4.98 Å². The minimum Gasteiger partial charge on any atom is -0.334 e. The molecule has 0 spiro atoms. The van der Waals surface area contributed by atoms with Crippen LogP contribution in [0.5, 0.6) is 0 Å². The van der Waals surface area contributed by atoms with Crippen LogP contribution in [0.2, 0.25) is 5.02 Å². The van der Waals surface area contributed by atoms with Crippen molar-refractivity contribution in [3.63, 3.8) is 0 Å². The van der Waals surface area contributed by atoms with Crippen LogP contribution >= 0.6 is 11.6 Å². The second-order valence-corrected chi connectivity index (χ2v) is 6.34. The second-order valence-electron chi connectivity index (χ2n) is 5.91. The number of hydrogen-bond donors (Lipinski definition) is 0. The number of rotatable bonds is 3. The summed E-state index contributed by atoms with van der Waals surface area (Å²) in [6.07, 6.45) is 1.62. The average molecular weight is 370 g/mol. The van der Waals surface area contributed by atoms with E-state index in [-0.39, 0.29) is 5.91 Å². The van der Waals surface area contributed by atoms with Gasteiger partial charge in [0.2, 0.25) is 5.82 Å². The Morgan fingerprint density at radius 2 is 1.92 bits per heavy atom. The quantitative estimate of drug-likeness (QED) is 0.706. The number of pyridine rings is 1. The first-order chi connectivity index (χ1) is 12.7. The fourth-order valence-corrected chi connectivity index (χ4v) is 3.03. The van der Waals surface area contributed by atoms with E-state index in [1.54, 1.807) is 35.4 Å². The van der Waals surface area contributed by atoms with Crippen molar-refractivity contribution in [3.05, 3.63) is 59.4 Å². The van der Waals surface area contributed by atoms with Gasteiger partial charge in [-0.3, -0.25) is 9.78 Å². The highest BCUT2D eigenvalue weighted by Crippen LogP contribution is 2.23. The molecular formula is C18H16ClN5O2. The molecule has 0 bridgehead atoms. The van der Waals surface area contributed by atoms with Crippen molar-refractivity contribution in [2.24, 2.45) is 0 Å². The highest BCUT2D eigenvalue weighted by Gasteiger charge is 2.25. The van der Waals surface area contributed by atoms with E-state index in [1.165, 1.54) is 0 Å². The van der Waals surface area contributed by atoms with Crippen LogP contribution in [0.25, 0.3) is 11.4 Å². The van der Waals surface area contributed by atoms with Gasteiger partial charge in [0, 0.05) is 43.0 Å². The van der Waals surface area contributed by atoms with E-state index in [9.17, 15) is 4.79 Å². The molecule has 0 atom stereocenters. The zero-order valence-corrected chi connectivity index (χ0v) is 14.6. The molecule has 2 aromatic heterocycles. The van der Waals surface area contributed by atoms with Crippen molar-refractivity contribution < 1.29 is 9.32 Å². The number of carbonyl (C=O) groups is 1. The summed E-state index contributed by atoms with van der Waals surface area (Å²) in [4.78, 5) is 24.8. The first-order valence-corrected chi connectivity index (χ1v) is 8.63. The lowest BCUT2D eigenvalue weighted by atomic mass is 10.2. The van der Waals surface area contributed by atoms with E-state index in [0.29, 0.717) is 48.7 Å². The summed E-state index contributed by atoms with van der Waals surface area (Å²) in [6, 6.07) is 13.1. The molecule has 8 heteroatoms. The lowest BCUT2D eigenvalue weighted by Gasteiger charge is -2.33. The minimum atomic E-state index is -0.0598. The number of piperazine rings is 1. The monoisotopic (exact) mass is 369 g/mol. The van der Waals surface area contributed by atoms with E-state index < -0.39 is 0 Å². The van der Waals surface area contributed by atoms with Gasteiger partial charge >= 0.3 is 6.01 Å². The number of halogens is 1. The van der Waals surface area contributed by atoms with Gasteiger partial charge in [-0.15, -0.1) is 0 Å². The summed E-state index contributed by atoms with van der Waals surface area (Å²) in [6.45, 7) is 2.39. The van der Waals surface area contributed by atoms with Crippen molar-refractivity contribution in [2.45, 2.75) is 0 Å². The molecule has 0 saturated carbocycles. The molecule has 1 fully saturated rings. The minimum absolute atomic E-state index is 0.0598. The fraction of sp³-hybridized carbons (Fsp3) is 0.222. The number of anilines is 1. The van der Waals surface area contributed by atoms with Crippen molar-refractivity contribution in [1.82, 2.24) is 20.0 Å². The van der Waals surface area contributed by atoms with Gasteiger partial charge in [0.05, 0.1) is 0 Å². The van der Waals surface area contributed by atoms with Gasteiger partial charge in [0.25, 0.3) is 5.91 Å². The van der Waals surface area contributed by atoms with E-state index in [0.717, 1.165) is 5.56 Å². The van der Waals surface area contributed by atoms with Crippen LogP contribution in [0.15, 0.2) is 53.2 Å². The molecule has 0 unspecified atom stereocenters. The molecule has 3 heterocycles. The third kappa shape index (κ3) is 3.39. The smallest absolute Gasteiger partial charge is 0.324 e. The van der Waals surface area contributed by atoms with Gasteiger partial charge in [-0.25, -0.2) is 0 Å². The molecule has 1 saturated heterocycles. The Morgan fingerprint density at radius 1 is 1.08 bits per heavy atom. The maximum absolute atomic E-state index is 12.4. The molecule has 3 aromatic rings. The van der Waals surface area contributed by atoms with Gasteiger partial charge in [0.15, 0.2) is 0 Å². The third-order valence-electron chi connectivity index (χ3n) is 4.22. The van der Waals surface area contributed by atoms with E-state index in [4.69, 9.17) is 16.1 Å². The van der Waals surface area contributed by atoms with E-state index in [2.05, 4.69) is 15.1 Å². The summed E-state index contributed by atoms with van der Waals surface area (Å²) in [5.74, 6) is 0.435. The Morgan fingerprint density at radius 3 is 2.65 bits per heavy atom. The van der Waals surface area contributed by atoms with Gasteiger partial charge < -0.3 is 14.3 Å². The maximum atomic E-state index is 12.4. The fourth-order valence-electron chi connectivity index (χ4n) is 2.84. The molecule has 0 aliphatic carbocycles. The van der Waals surface area contributed by atoms with E-state index >= 15 is 0 Å². The van der Waals surface area contributed by atoms with Crippen LogP contribution in [-0.4, -0.2) is 52.1 Å². The standard InChI is InChI=1S/C18H16ClN5O2/c19-14-5-3-4-13(12-14)16-21-18(26-22-16)24-10-8-23(9-11-24)17(25)15-6-1-2-7-20-15/h1-7,12H,8-11H2. The Kier molecular flexibility index (Phi) is 4.53. The predicted molar refractivity (Wildman–Crippen MR) is 97.1 cm³/mol. The van der Waals surface area contributed by atoms with Gasteiger partial charge in [-0.1, -0.05) is 35.0 Å². The molecule has 7 nitrogen and oxygen atoms in total. The Labute approximate surface area is 155 Å². The molecule has 0 radical (unpaired) electrons. The largest absolute Gasteiger partial charge is 0.334 e. The van der Waals surface area contributed by atoms with Crippen LogP contribution in [0.1, 0.15) is 10.5 Å². The number of amides is 1. The highest BCUT2D eigenvalue weighted by molar-refractivity contribution is 6.30. The zero-order chi connectivity index (χ0) is 17.9. The zero-order valence-electron chi connectivity index (χ0n) is 13.9. The molecule has 1 aromatic carbocycles. The topological polar surface area (TPSA) is 75.4 Å². The second kappa shape index (κ2) is 7.13. The molecule has 26 heavy (non-hydrogen) atoms. The van der Waals surface area contributed by atoms with Gasteiger partial charge in [0.1, 0.15) is 5.69 Å². The number of carbonyl (C=O) groups excluding carboxylic acids is 1. The normalized spacial score (nSPS) is 14.5. The summed E-state index contributed by atoms with van der Waals surface area (Å²) in [7, 11) is 0. The summed E-state index contributed by atoms with van der Waals surface area (Å²) < 4.78 is 5.38. The Hall–Kier alpha value is -2.93. The Bertz CT molecular complexity index is 907. The lowest BCUT2D eigenvalue weighted by Crippen LogP contribution is -2.49. The lowest BCUT2D eigenvalue weighted by molar-refractivity contribution is 0.0738.